The fourth-order valence-electron chi connectivity index (χ4n) is 2.06. The summed E-state index contributed by atoms with van der Waals surface area (Å²) in [7, 11) is 1.24. The normalized spacial score (nSPS) is 11.4. The fourth-order valence-corrected chi connectivity index (χ4v) is 2.06. The van der Waals surface area contributed by atoms with Crippen LogP contribution in [-0.4, -0.2) is 36.5 Å². The summed E-state index contributed by atoms with van der Waals surface area (Å²) < 4.78 is 4.70. The summed E-state index contributed by atoms with van der Waals surface area (Å²) in [6.07, 6.45) is 2.30. The number of esters is 1. The first-order valence-electron chi connectivity index (χ1n) is 7.23. The van der Waals surface area contributed by atoms with Gasteiger partial charge in [0.2, 0.25) is 6.41 Å². The Morgan fingerprint density at radius 3 is 2.59 bits per heavy atom. The molecule has 0 aromatic heterocycles. The third-order valence-corrected chi connectivity index (χ3v) is 3.37. The summed E-state index contributed by atoms with van der Waals surface area (Å²) in [5.41, 5.74) is 1.46. The number of nitrogens with one attached hydrogen (secondary N) is 1. The molecule has 22 heavy (non-hydrogen) atoms. The van der Waals surface area contributed by atoms with Crippen LogP contribution in [0.25, 0.3) is 0 Å². The number of hydrogen-bond donors (Lipinski definition) is 1. The molecule has 120 valence electrons. The van der Waals surface area contributed by atoms with Gasteiger partial charge < -0.3 is 10.1 Å². The molecule has 0 spiro atoms. The summed E-state index contributed by atoms with van der Waals surface area (Å²) in [6, 6.07) is 5.65. The number of hydrogen-bond acceptors (Lipinski definition) is 4. The number of urea groups is 1. The van der Waals surface area contributed by atoms with E-state index in [1.807, 2.05) is 26.0 Å². The quantitative estimate of drug-likeness (QED) is 0.621. The van der Waals surface area contributed by atoms with Gasteiger partial charge in [-0.05, 0) is 25.0 Å². The molecule has 0 unspecified atom stereocenters. The van der Waals surface area contributed by atoms with E-state index in [0.29, 0.717) is 24.9 Å². The van der Waals surface area contributed by atoms with Gasteiger partial charge in [-0.1, -0.05) is 38.0 Å². The maximum atomic E-state index is 12.3. The minimum Gasteiger partial charge on any atom is -0.467 e. The van der Waals surface area contributed by atoms with Crippen molar-refractivity contribution in [2.75, 3.05) is 12.4 Å². The Balaban J connectivity index is 2.91. The van der Waals surface area contributed by atoms with Gasteiger partial charge in [0, 0.05) is 5.69 Å². The van der Waals surface area contributed by atoms with Crippen molar-refractivity contribution in [1.29, 1.82) is 0 Å². The van der Waals surface area contributed by atoms with E-state index in [2.05, 4.69) is 5.32 Å². The highest BCUT2D eigenvalue weighted by Crippen LogP contribution is 2.16. The van der Waals surface area contributed by atoms with Gasteiger partial charge in [-0.25, -0.2) is 9.59 Å². The lowest BCUT2D eigenvalue weighted by Gasteiger charge is -2.25. The van der Waals surface area contributed by atoms with Gasteiger partial charge >= 0.3 is 12.0 Å². The van der Waals surface area contributed by atoms with Crippen LogP contribution in [-0.2, 0) is 14.3 Å². The zero-order valence-corrected chi connectivity index (χ0v) is 13.2. The molecule has 0 fully saturated rings. The average Bonchev–Trinajstić information content (AvgIpc) is 2.52. The van der Waals surface area contributed by atoms with Crippen LogP contribution in [0.2, 0.25) is 0 Å². The summed E-state index contributed by atoms with van der Waals surface area (Å²) in [4.78, 5) is 36.3. The molecule has 0 aliphatic rings. The van der Waals surface area contributed by atoms with Crippen molar-refractivity contribution in [3.8, 4) is 0 Å². The highest BCUT2D eigenvalue weighted by atomic mass is 16.5. The Labute approximate surface area is 130 Å². The SMILES string of the molecule is CCCC[C@@H](C(=O)OC)N(C=O)C(=O)Nc1ccccc1C. The Hall–Kier alpha value is -2.37. The third kappa shape index (κ3) is 4.58. The molecule has 0 radical (unpaired) electrons. The smallest absolute Gasteiger partial charge is 0.329 e. The Bertz CT molecular complexity index is 531. The monoisotopic (exact) mass is 306 g/mol. The molecular formula is C16H22N2O4. The molecule has 0 saturated heterocycles. The second-order valence-electron chi connectivity index (χ2n) is 4.94. The molecule has 6 heteroatoms. The molecule has 1 rings (SSSR count). The number of amides is 3. The molecule has 6 nitrogen and oxygen atoms in total. The summed E-state index contributed by atoms with van der Waals surface area (Å²) in [5.74, 6) is -0.597. The van der Waals surface area contributed by atoms with E-state index in [1.54, 1.807) is 12.1 Å². The molecule has 0 aliphatic heterocycles. The van der Waals surface area contributed by atoms with E-state index in [9.17, 15) is 14.4 Å². The van der Waals surface area contributed by atoms with E-state index in [0.717, 1.165) is 16.9 Å². The summed E-state index contributed by atoms with van der Waals surface area (Å²) in [6.45, 7) is 3.81. The largest absolute Gasteiger partial charge is 0.467 e. The van der Waals surface area contributed by atoms with E-state index < -0.39 is 18.0 Å². The molecule has 0 saturated carbocycles. The maximum absolute atomic E-state index is 12.3. The molecule has 0 aliphatic carbocycles. The second kappa shape index (κ2) is 8.81. The van der Waals surface area contributed by atoms with Crippen molar-refractivity contribution >= 4 is 24.1 Å². The zero-order chi connectivity index (χ0) is 16.5. The Morgan fingerprint density at radius 1 is 1.36 bits per heavy atom. The van der Waals surface area contributed by atoms with Crippen LogP contribution in [0.5, 0.6) is 0 Å². The highest BCUT2D eigenvalue weighted by Gasteiger charge is 2.30. The van der Waals surface area contributed by atoms with Gasteiger partial charge in [0.1, 0.15) is 6.04 Å². The van der Waals surface area contributed by atoms with E-state index >= 15 is 0 Å². The molecule has 0 bridgehead atoms. The van der Waals surface area contributed by atoms with Gasteiger partial charge in [0.05, 0.1) is 7.11 Å². The first-order chi connectivity index (χ1) is 10.5. The number of carbonyl (C=O) groups excluding carboxylic acids is 3. The van der Waals surface area contributed by atoms with Gasteiger partial charge in [0.25, 0.3) is 0 Å². The lowest BCUT2D eigenvalue weighted by atomic mass is 10.1. The summed E-state index contributed by atoms with van der Waals surface area (Å²) >= 11 is 0. The first kappa shape index (κ1) is 17.7. The van der Waals surface area contributed by atoms with Crippen LogP contribution < -0.4 is 5.32 Å². The fraction of sp³-hybridized carbons (Fsp3) is 0.438. The number of ether oxygens (including phenoxy) is 1. The van der Waals surface area contributed by atoms with Crippen LogP contribution in [0.1, 0.15) is 31.7 Å². The first-order valence-corrected chi connectivity index (χ1v) is 7.23. The van der Waals surface area contributed by atoms with Gasteiger partial charge in [0.15, 0.2) is 0 Å². The van der Waals surface area contributed by atoms with Crippen molar-refractivity contribution in [2.45, 2.75) is 39.2 Å². The van der Waals surface area contributed by atoms with E-state index in [-0.39, 0.29) is 0 Å². The summed E-state index contributed by atoms with van der Waals surface area (Å²) in [5, 5.41) is 2.65. The van der Waals surface area contributed by atoms with Crippen LogP contribution in [0.15, 0.2) is 24.3 Å². The number of nitrogens with zero attached hydrogens (tertiary/aromatic N) is 1. The molecular weight excluding hydrogens is 284 g/mol. The zero-order valence-electron chi connectivity index (χ0n) is 13.2. The minimum absolute atomic E-state index is 0.366. The highest BCUT2D eigenvalue weighted by molar-refractivity contribution is 5.99. The number of para-hydroxylation sites is 1. The van der Waals surface area contributed by atoms with Crippen LogP contribution in [0.3, 0.4) is 0 Å². The van der Waals surface area contributed by atoms with Crippen molar-refractivity contribution < 1.29 is 19.1 Å². The number of anilines is 1. The van der Waals surface area contributed by atoms with Crippen LogP contribution >= 0.6 is 0 Å². The number of carbonyl (C=O) groups is 3. The maximum Gasteiger partial charge on any atom is 0.329 e. The van der Waals surface area contributed by atoms with Crippen molar-refractivity contribution in [2.24, 2.45) is 0 Å². The average molecular weight is 306 g/mol. The lowest BCUT2D eigenvalue weighted by molar-refractivity contribution is -0.148. The van der Waals surface area contributed by atoms with Gasteiger partial charge in [-0.2, -0.15) is 0 Å². The van der Waals surface area contributed by atoms with Crippen molar-refractivity contribution in [1.82, 2.24) is 4.90 Å². The molecule has 1 aromatic rings. The number of unbranched alkanes of at least 4 members (excludes halogenated alkanes) is 1. The van der Waals surface area contributed by atoms with E-state index in [4.69, 9.17) is 4.74 Å². The topological polar surface area (TPSA) is 75.7 Å². The second-order valence-corrected chi connectivity index (χ2v) is 4.94. The standard InChI is InChI=1S/C16H22N2O4/c1-4-5-10-14(15(20)22-3)18(11-19)16(21)17-13-9-7-6-8-12(13)2/h6-9,11,14H,4-5,10H2,1-3H3,(H,17,21)/t14-/m0/s1. The van der Waals surface area contributed by atoms with Crippen molar-refractivity contribution in [3.05, 3.63) is 29.8 Å². The predicted octanol–water partition coefficient (Wildman–Crippen LogP) is 2.72. The predicted molar refractivity (Wildman–Crippen MR) is 83.4 cm³/mol. The molecule has 3 amide bonds. The Morgan fingerprint density at radius 2 is 2.05 bits per heavy atom. The number of rotatable bonds is 7. The van der Waals surface area contributed by atoms with E-state index in [1.165, 1.54) is 7.11 Å². The van der Waals surface area contributed by atoms with Crippen molar-refractivity contribution in [3.63, 3.8) is 0 Å². The number of aryl methyl sites for hydroxylation is 1. The Kier molecular flexibility index (Phi) is 7.08. The molecule has 1 atom stereocenters. The molecule has 1 N–H and O–H groups in total. The van der Waals surface area contributed by atoms with Crippen LogP contribution in [0, 0.1) is 6.92 Å². The molecule has 1 aromatic carbocycles. The lowest BCUT2D eigenvalue weighted by Crippen LogP contribution is -2.46. The van der Waals surface area contributed by atoms with Crippen LogP contribution in [0.4, 0.5) is 10.5 Å². The molecule has 0 heterocycles. The minimum atomic E-state index is -0.911. The van der Waals surface area contributed by atoms with Gasteiger partial charge in [-0.15, -0.1) is 0 Å². The number of imide groups is 1. The third-order valence-electron chi connectivity index (χ3n) is 3.37. The van der Waals surface area contributed by atoms with Gasteiger partial charge in [-0.3, -0.25) is 9.69 Å². The number of benzene rings is 1. The number of methoxy groups -OCH3 is 1.